The van der Waals surface area contributed by atoms with Crippen LogP contribution in [0.1, 0.15) is 15.6 Å². The number of anilines is 1. The number of benzene rings is 1. The summed E-state index contributed by atoms with van der Waals surface area (Å²) in [4.78, 5) is 14.1. The summed E-state index contributed by atoms with van der Waals surface area (Å²) in [7, 11) is 1.75. The summed E-state index contributed by atoms with van der Waals surface area (Å²) in [5.41, 5.74) is 1.38. The highest BCUT2D eigenvalue weighted by Gasteiger charge is 2.22. The Kier molecular flexibility index (Phi) is 5.70. The highest BCUT2D eigenvalue weighted by Crippen LogP contribution is 2.22. The summed E-state index contributed by atoms with van der Waals surface area (Å²) in [5, 5.41) is 4.37. The maximum atomic E-state index is 14.0. The molecular weight excluding hydrogens is 356 g/mol. The lowest BCUT2D eigenvalue weighted by atomic mass is 10.2. The van der Waals surface area contributed by atoms with Crippen LogP contribution in [0.15, 0.2) is 23.2 Å². The SMILES string of the molecule is CN=C(NCc1nc(C)c(C)s1)N1CCN(c2cc(F)ccc2F)CC1. The first kappa shape index (κ1) is 18.6. The van der Waals surface area contributed by atoms with Crippen molar-refractivity contribution in [3.8, 4) is 0 Å². The van der Waals surface area contributed by atoms with Crippen molar-refractivity contribution in [2.45, 2.75) is 20.4 Å². The molecule has 5 nitrogen and oxygen atoms in total. The van der Waals surface area contributed by atoms with E-state index in [0.29, 0.717) is 38.4 Å². The van der Waals surface area contributed by atoms with E-state index < -0.39 is 11.6 Å². The topological polar surface area (TPSA) is 43.8 Å². The molecule has 140 valence electrons. The van der Waals surface area contributed by atoms with Gasteiger partial charge in [0.25, 0.3) is 0 Å². The van der Waals surface area contributed by atoms with Gasteiger partial charge < -0.3 is 15.1 Å². The van der Waals surface area contributed by atoms with Crippen LogP contribution in [0, 0.1) is 25.5 Å². The summed E-state index contributed by atoms with van der Waals surface area (Å²) < 4.78 is 27.4. The predicted octanol–water partition coefficient (Wildman–Crippen LogP) is 2.94. The lowest BCUT2D eigenvalue weighted by molar-refractivity contribution is 0.370. The average molecular weight is 379 g/mol. The second-order valence-corrected chi connectivity index (χ2v) is 7.51. The molecule has 26 heavy (non-hydrogen) atoms. The smallest absolute Gasteiger partial charge is 0.194 e. The van der Waals surface area contributed by atoms with E-state index in [4.69, 9.17) is 0 Å². The maximum absolute atomic E-state index is 14.0. The van der Waals surface area contributed by atoms with Gasteiger partial charge in [0, 0.05) is 44.2 Å². The van der Waals surface area contributed by atoms with Crippen molar-refractivity contribution in [2.75, 3.05) is 38.1 Å². The van der Waals surface area contributed by atoms with Gasteiger partial charge >= 0.3 is 0 Å². The minimum atomic E-state index is -0.421. The normalized spacial score (nSPS) is 15.5. The molecular formula is C18H23F2N5S. The number of guanidine groups is 1. The zero-order chi connectivity index (χ0) is 18.7. The van der Waals surface area contributed by atoms with E-state index in [1.807, 2.05) is 11.8 Å². The fourth-order valence-electron chi connectivity index (χ4n) is 2.99. The van der Waals surface area contributed by atoms with Gasteiger partial charge in [0.15, 0.2) is 5.96 Å². The van der Waals surface area contributed by atoms with Gasteiger partial charge in [0.05, 0.1) is 17.9 Å². The molecule has 1 aliphatic heterocycles. The summed E-state index contributed by atoms with van der Waals surface area (Å²) >= 11 is 1.68. The molecule has 0 atom stereocenters. The Bertz CT molecular complexity index is 777. The highest BCUT2D eigenvalue weighted by atomic mass is 32.1. The van der Waals surface area contributed by atoms with Crippen molar-refractivity contribution in [1.82, 2.24) is 15.2 Å². The van der Waals surface area contributed by atoms with E-state index in [1.54, 1.807) is 18.4 Å². The number of aromatic nitrogens is 1. The van der Waals surface area contributed by atoms with Crippen LogP contribution < -0.4 is 10.2 Å². The highest BCUT2D eigenvalue weighted by molar-refractivity contribution is 7.11. The molecule has 8 heteroatoms. The molecule has 0 radical (unpaired) electrons. The predicted molar refractivity (Wildman–Crippen MR) is 102 cm³/mol. The maximum Gasteiger partial charge on any atom is 0.194 e. The molecule has 1 aromatic heterocycles. The van der Waals surface area contributed by atoms with Crippen LogP contribution in [0.4, 0.5) is 14.5 Å². The fraction of sp³-hybridized carbons (Fsp3) is 0.444. The molecule has 2 aromatic rings. The van der Waals surface area contributed by atoms with Crippen LogP contribution >= 0.6 is 11.3 Å². The van der Waals surface area contributed by atoms with Gasteiger partial charge in [0.1, 0.15) is 16.6 Å². The lowest BCUT2D eigenvalue weighted by Crippen LogP contribution is -2.52. The number of rotatable bonds is 3. The van der Waals surface area contributed by atoms with Crippen molar-refractivity contribution >= 4 is 23.0 Å². The quantitative estimate of drug-likeness (QED) is 0.658. The number of aryl methyl sites for hydroxylation is 2. The number of hydrogen-bond donors (Lipinski definition) is 1. The zero-order valence-corrected chi connectivity index (χ0v) is 16.0. The molecule has 1 aliphatic rings. The molecule has 1 aromatic carbocycles. The van der Waals surface area contributed by atoms with Crippen LogP contribution in [0.5, 0.6) is 0 Å². The molecule has 0 spiro atoms. The van der Waals surface area contributed by atoms with E-state index in [1.165, 1.54) is 17.0 Å². The molecule has 1 saturated heterocycles. The third-order valence-electron chi connectivity index (χ3n) is 4.51. The average Bonchev–Trinajstić information content (AvgIpc) is 2.96. The Labute approximate surface area is 156 Å². The first-order chi connectivity index (χ1) is 12.5. The fourth-order valence-corrected chi connectivity index (χ4v) is 3.86. The summed E-state index contributed by atoms with van der Waals surface area (Å²) in [5.74, 6) is -0.0120. The van der Waals surface area contributed by atoms with E-state index >= 15 is 0 Å². The Morgan fingerprint density at radius 3 is 2.58 bits per heavy atom. The second kappa shape index (κ2) is 7.99. The van der Waals surface area contributed by atoms with Crippen LogP contribution in [-0.2, 0) is 6.54 Å². The third kappa shape index (κ3) is 4.12. The monoisotopic (exact) mass is 379 g/mol. The Morgan fingerprint density at radius 1 is 1.23 bits per heavy atom. The summed E-state index contributed by atoms with van der Waals surface area (Å²) in [6.45, 7) is 7.29. The van der Waals surface area contributed by atoms with E-state index in [2.05, 4.69) is 27.1 Å². The number of aliphatic imine (C=N–C) groups is 1. The molecule has 2 heterocycles. The van der Waals surface area contributed by atoms with Crippen LogP contribution in [0.3, 0.4) is 0 Å². The van der Waals surface area contributed by atoms with Crippen molar-refractivity contribution < 1.29 is 8.78 Å². The van der Waals surface area contributed by atoms with E-state index in [0.717, 1.165) is 22.7 Å². The van der Waals surface area contributed by atoms with E-state index in [9.17, 15) is 8.78 Å². The minimum Gasteiger partial charge on any atom is -0.366 e. The summed E-state index contributed by atoms with van der Waals surface area (Å²) in [6.07, 6.45) is 0. The Balaban J connectivity index is 1.58. The number of thiazole rings is 1. The zero-order valence-electron chi connectivity index (χ0n) is 15.2. The lowest BCUT2D eigenvalue weighted by Gasteiger charge is -2.37. The molecule has 0 saturated carbocycles. The number of nitrogens with one attached hydrogen (secondary N) is 1. The standard InChI is InChI=1S/C18H23F2N5S/c1-12-13(2)26-17(23-12)11-22-18(21-3)25-8-6-24(7-9-25)16-10-14(19)4-5-15(16)20/h4-5,10H,6-9,11H2,1-3H3,(H,21,22). The minimum absolute atomic E-state index is 0.321. The molecule has 1 fully saturated rings. The molecule has 0 aliphatic carbocycles. The Morgan fingerprint density at radius 2 is 1.96 bits per heavy atom. The molecule has 1 N–H and O–H groups in total. The second-order valence-electron chi connectivity index (χ2n) is 6.22. The van der Waals surface area contributed by atoms with Crippen molar-refractivity contribution in [3.63, 3.8) is 0 Å². The van der Waals surface area contributed by atoms with E-state index in [-0.39, 0.29) is 0 Å². The van der Waals surface area contributed by atoms with Crippen molar-refractivity contribution in [1.29, 1.82) is 0 Å². The number of nitrogens with zero attached hydrogens (tertiary/aromatic N) is 4. The number of hydrogen-bond acceptors (Lipinski definition) is 4. The van der Waals surface area contributed by atoms with Gasteiger partial charge in [-0.1, -0.05) is 0 Å². The molecule has 0 bridgehead atoms. The largest absolute Gasteiger partial charge is 0.366 e. The van der Waals surface area contributed by atoms with Gasteiger partial charge in [-0.25, -0.2) is 13.8 Å². The Hall–Kier alpha value is -2.22. The van der Waals surface area contributed by atoms with Crippen LogP contribution in [-0.4, -0.2) is 49.1 Å². The summed E-state index contributed by atoms with van der Waals surface area (Å²) in [6, 6.07) is 3.57. The first-order valence-corrected chi connectivity index (χ1v) is 9.38. The first-order valence-electron chi connectivity index (χ1n) is 8.56. The van der Waals surface area contributed by atoms with Crippen molar-refractivity contribution in [3.05, 3.63) is 45.4 Å². The van der Waals surface area contributed by atoms with Crippen molar-refractivity contribution in [2.24, 2.45) is 4.99 Å². The third-order valence-corrected chi connectivity index (χ3v) is 5.58. The van der Waals surface area contributed by atoms with Gasteiger partial charge in [-0.2, -0.15) is 0 Å². The molecule has 0 unspecified atom stereocenters. The van der Waals surface area contributed by atoms with Crippen LogP contribution in [0.2, 0.25) is 0 Å². The van der Waals surface area contributed by atoms with Crippen LogP contribution in [0.25, 0.3) is 0 Å². The van der Waals surface area contributed by atoms with Gasteiger partial charge in [-0.3, -0.25) is 4.99 Å². The molecule has 0 amide bonds. The van der Waals surface area contributed by atoms with Gasteiger partial charge in [-0.05, 0) is 26.0 Å². The van der Waals surface area contributed by atoms with Gasteiger partial charge in [0.2, 0.25) is 0 Å². The molecule has 3 rings (SSSR count). The number of piperazine rings is 1. The van der Waals surface area contributed by atoms with Gasteiger partial charge in [-0.15, -0.1) is 11.3 Å². The number of halogens is 2.